The van der Waals surface area contributed by atoms with E-state index in [-0.39, 0.29) is 18.1 Å². The number of aryl methyl sites for hydroxylation is 3. The molecule has 2 atom stereocenters. The molecule has 3 heterocycles. The summed E-state index contributed by atoms with van der Waals surface area (Å²) in [5.41, 5.74) is 3.29. The van der Waals surface area contributed by atoms with E-state index in [1.165, 1.54) is 0 Å². The van der Waals surface area contributed by atoms with E-state index in [4.69, 9.17) is 4.74 Å². The lowest BCUT2D eigenvalue weighted by Gasteiger charge is -2.39. The fraction of sp³-hybridized carbons (Fsp3) is 0.526. The normalized spacial score (nSPS) is 20.9. The second-order valence-electron chi connectivity index (χ2n) is 6.89. The number of carbonyl (C=O) groups excluding carboxylic acids is 1. The standard InChI is InChI=1S/C19H27N5O2/c1-14-10-15(12-20-11-14)4-5-18(25)21-13-17-19(23(2)8-9-26-17)16-6-7-22-24(16)3/h6-7,10-12,17,19H,4-5,8-9,13H2,1-3H3,(H,21,25)/t17-,19-/m0/s1. The summed E-state index contributed by atoms with van der Waals surface area (Å²) in [5, 5.41) is 7.30. The van der Waals surface area contributed by atoms with Gasteiger partial charge in [-0.15, -0.1) is 0 Å². The van der Waals surface area contributed by atoms with Gasteiger partial charge >= 0.3 is 0 Å². The number of morpholine rings is 1. The van der Waals surface area contributed by atoms with Gasteiger partial charge in [0.2, 0.25) is 5.91 Å². The van der Waals surface area contributed by atoms with E-state index < -0.39 is 0 Å². The van der Waals surface area contributed by atoms with Gasteiger partial charge in [0.1, 0.15) is 0 Å². The second kappa shape index (κ2) is 8.42. The summed E-state index contributed by atoms with van der Waals surface area (Å²) >= 11 is 0. The maximum Gasteiger partial charge on any atom is 0.220 e. The fourth-order valence-electron chi connectivity index (χ4n) is 3.44. The molecular formula is C19H27N5O2. The van der Waals surface area contributed by atoms with Crippen LogP contribution in [-0.2, 0) is 23.0 Å². The molecule has 0 aromatic carbocycles. The van der Waals surface area contributed by atoms with Gasteiger partial charge in [-0.1, -0.05) is 6.07 Å². The molecular weight excluding hydrogens is 330 g/mol. The summed E-state index contributed by atoms with van der Waals surface area (Å²) in [6.45, 7) is 4.03. The van der Waals surface area contributed by atoms with Crippen molar-refractivity contribution in [2.75, 3.05) is 26.7 Å². The number of carbonyl (C=O) groups is 1. The Morgan fingerprint density at radius 3 is 2.96 bits per heavy atom. The van der Waals surface area contributed by atoms with Crippen LogP contribution in [0, 0.1) is 6.92 Å². The molecule has 0 unspecified atom stereocenters. The van der Waals surface area contributed by atoms with Crippen molar-refractivity contribution in [1.82, 2.24) is 25.0 Å². The quantitative estimate of drug-likeness (QED) is 0.842. The largest absolute Gasteiger partial charge is 0.373 e. The number of hydrogen-bond donors (Lipinski definition) is 1. The average molecular weight is 357 g/mol. The van der Waals surface area contributed by atoms with Gasteiger partial charge in [0, 0.05) is 45.1 Å². The van der Waals surface area contributed by atoms with Crippen LogP contribution in [0.4, 0.5) is 0 Å². The SMILES string of the molecule is Cc1cncc(CCC(=O)NC[C@@H]2OCCN(C)[C@H]2c2ccnn2C)c1. The van der Waals surface area contributed by atoms with Crippen molar-refractivity contribution < 1.29 is 9.53 Å². The van der Waals surface area contributed by atoms with Crippen LogP contribution in [0.25, 0.3) is 0 Å². The van der Waals surface area contributed by atoms with E-state index in [1.807, 2.05) is 37.1 Å². The highest BCUT2D eigenvalue weighted by Gasteiger charge is 2.33. The summed E-state index contributed by atoms with van der Waals surface area (Å²) in [5.74, 6) is 0.0343. The van der Waals surface area contributed by atoms with E-state index in [1.54, 1.807) is 6.20 Å². The molecule has 1 fully saturated rings. The second-order valence-corrected chi connectivity index (χ2v) is 6.89. The molecule has 26 heavy (non-hydrogen) atoms. The van der Waals surface area contributed by atoms with Gasteiger partial charge in [0.25, 0.3) is 0 Å². The Hall–Kier alpha value is -2.25. The first-order valence-electron chi connectivity index (χ1n) is 9.01. The first-order chi connectivity index (χ1) is 12.5. The van der Waals surface area contributed by atoms with E-state index >= 15 is 0 Å². The van der Waals surface area contributed by atoms with Crippen molar-refractivity contribution in [2.24, 2.45) is 7.05 Å². The molecule has 2 aromatic rings. The number of hydrogen-bond acceptors (Lipinski definition) is 5. The predicted molar refractivity (Wildman–Crippen MR) is 98.6 cm³/mol. The molecule has 0 radical (unpaired) electrons. The summed E-state index contributed by atoms with van der Waals surface area (Å²) < 4.78 is 7.83. The van der Waals surface area contributed by atoms with Crippen LogP contribution in [0.2, 0.25) is 0 Å². The summed E-state index contributed by atoms with van der Waals surface area (Å²) in [6, 6.07) is 4.16. The smallest absolute Gasteiger partial charge is 0.220 e. The van der Waals surface area contributed by atoms with E-state index in [0.717, 1.165) is 23.4 Å². The average Bonchev–Trinajstić information content (AvgIpc) is 3.04. The Kier molecular flexibility index (Phi) is 6.00. The number of rotatable bonds is 6. The van der Waals surface area contributed by atoms with Gasteiger partial charge in [-0.25, -0.2) is 0 Å². The lowest BCUT2D eigenvalue weighted by Crippen LogP contribution is -2.48. The van der Waals surface area contributed by atoms with Gasteiger partial charge in [-0.05, 0) is 37.6 Å². The molecule has 1 aliphatic heterocycles. The molecule has 1 amide bonds. The Balaban J connectivity index is 1.55. The number of pyridine rings is 1. The minimum atomic E-state index is -0.0891. The molecule has 2 aromatic heterocycles. The maximum absolute atomic E-state index is 12.3. The maximum atomic E-state index is 12.3. The van der Waals surface area contributed by atoms with Gasteiger partial charge in [0.05, 0.1) is 24.4 Å². The van der Waals surface area contributed by atoms with Crippen LogP contribution in [0.5, 0.6) is 0 Å². The number of nitrogens with one attached hydrogen (secondary N) is 1. The van der Waals surface area contributed by atoms with Gasteiger partial charge in [-0.2, -0.15) is 5.10 Å². The lowest BCUT2D eigenvalue weighted by molar-refractivity contribution is -0.123. The van der Waals surface area contributed by atoms with Crippen LogP contribution < -0.4 is 5.32 Å². The zero-order valence-corrected chi connectivity index (χ0v) is 15.7. The Labute approximate surface area is 154 Å². The monoisotopic (exact) mass is 357 g/mol. The molecule has 7 nitrogen and oxygen atoms in total. The minimum Gasteiger partial charge on any atom is -0.373 e. The van der Waals surface area contributed by atoms with Gasteiger partial charge in [-0.3, -0.25) is 19.4 Å². The fourth-order valence-corrected chi connectivity index (χ4v) is 3.44. The third-order valence-electron chi connectivity index (χ3n) is 4.84. The lowest BCUT2D eigenvalue weighted by atomic mass is 10.0. The van der Waals surface area contributed by atoms with Crippen LogP contribution in [0.15, 0.2) is 30.7 Å². The summed E-state index contributed by atoms with van der Waals surface area (Å²) in [4.78, 5) is 18.7. The highest BCUT2D eigenvalue weighted by atomic mass is 16.5. The van der Waals surface area contributed by atoms with Crippen LogP contribution in [-0.4, -0.2) is 58.4 Å². The van der Waals surface area contributed by atoms with Crippen molar-refractivity contribution >= 4 is 5.91 Å². The molecule has 0 saturated carbocycles. The van der Waals surface area contributed by atoms with Crippen molar-refractivity contribution in [3.05, 3.63) is 47.5 Å². The van der Waals surface area contributed by atoms with E-state index in [2.05, 4.69) is 33.4 Å². The molecule has 1 N–H and O–H groups in total. The van der Waals surface area contributed by atoms with Crippen LogP contribution >= 0.6 is 0 Å². The van der Waals surface area contributed by atoms with Crippen LogP contribution in [0.1, 0.15) is 29.3 Å². The van der Waals surface area contributed by atoms with Crippen molar-refractivity contribution in [3.63, 3.8) is 0 Å². The number of likely N-dealkylation sites (N-methyl/N-ethyl adjacent to an activating group) is 1. The number of aromatic nitrogens is 3. The van der Waals surface area contributed by atoms with Crippen molar-refractivity contribution in [2.45, 2.75) is 31.9 Å². The Bertz CT molecular complexity index is 745. The predicted octanol–water partition coefficient (Wildman–Crippen LogP) is 1.24. The zero-order chi connectivity index (χ0) is 18.5. The van der Waals surface area contributed by atoms with Crippen molar-refractivity contribution in [3.8, 4) is 0 Å². The Morgan fingerprint density at radius 1 is 1.38 bits per heavy atom. The Morgan fingerprint density at radius 2 is 2.23 bits per heavy atom. The molecule has 140 valence electrons. The molecule has 7 heteroatoms. The number of amides is 1. The molecule has 0 bridgehead atoms. The van der Waals surface area contributed by atoms with Gasteiger partial charge in [0.15, 0.2) is 0 Å². The molecule has 0 aliphatic carbocycles. The third-order valence-corrected chi connectivity index (χ3v) is 4.84. The van der Waals surface area contributed by atoms with E-state index in [9.17, 15) is 4.79 Å². The number of ether oxygens (including phenoxy) is 1. The molecule has 0 spiro atoms. The highest BCUT2D eigenvalue weighted by molar-refractivity contribution is 5.76. The minimum absolute atomic E-state index is 0.0343. The molecule has 1 aliphatic rings. The molecule has 3 rings (SSSR count). The topological polar surface area (TPSA) is 72.3 Å². The third kappa shape index (κ3) is 4.47. The first kappa shape index (κ1) is 18.5. The summed E-state index contributed by atoms with van der Waals surface area (Å²) in [6.07, 6.45) is 6.48. The number of nitrogens with zero attached hydrogens (tertiary/aromatic N) is 4. The van der Waals surface area contributed by atoms with E-state index in [0.29, 0.717) is 26.0 Å². The van der Waals surface area contributed by atoms with Gasteiger partial charge < -0.3 is 10.1 Å². The highest BCUT2D eigenvalue weighted by Crippen LogP contribution is 2.27. The van der Waals surface area contributed by atoms with Crippen LogP contribution in [0.3, 0.4) is 0 Å². The zero-order valence-electron chi connectivity index (χ0n) is 15.7. The first-order valence-corrected chi connectivity index (χ1v) is 9.01. The summed E-state index contributed by atoms with van der Waals surface area (Å²) in [7, 11) is 4.02. The van der Waals surface area contributed by atoms with Crippen molar-refractivity contribution in [1.29, 1.82) is 0 Å². The molecule has 1 saturated heterocycles.